The van der Waals surface area contributed by atoms with E-state index in [4.69, 9.17) is 4.42 Å². The Bertz CT molecular complexity index is 371. The van der Waals surface area contributed by atoms with Gasteiger partial charge in [-0.05, 0) is 24.3 Å². The minimum atomic E-state index is -0.281. The zero-order valence-corrected chi connectivity index (χ0v) is 6.57. The Labute approximate surface area is 73.4 Å². The zero-order chi connectivity index (χ0) is 9.10. The molecule has 1 N–H and O–H groups in total. The van der Waals surface area contributed by atoms with Gasteiger partial charge in [0, 0.05) is 5.69 Å². The highest BCUT2D eigenvalue weighted by molar-refractivity contribution is 5.50. The lowest BCUT2D eigenvalue weighted by Crippen LogP contribution is -1.90. The molecule has 66 valence electrons. The molecule has 0 saturated heterocycles. The molecule has 1 aromatic heterocycles. The van der Waals surface area contributed by atoms with Gasteiger partial charge < -0.3 is 9.73 Å². The Morgan fingerprint density at radius 2 is 2.00 bits per heavy atom. The molecular formula is C8H6FN3O. The van der Waals surface area contributed by atoms with E-state index in [-0.39, 0.29) is 11.8 Å². The van der Waals surface area contributed by atoms with Crippen molar-refractivity contribution in [3.8, 4) is 0 Å². The van der Waals surface area contributed by atoms with Gasteiger partial charge in [-0.2, -0.15) is 0 Å². The summed E-state index contributed by atoms with van der Waals surface area (Å²) in [6.45, 7) is 0. The molecule has 0 radical (unpaired) electrons. The predicted molar refractivity (Wildman–Crippen MR) is 44.0 cm³/mol. The van der Waals surface area contributed by atoms with E-state index in [1.807, 2.05) is 0 Å². The van der Waals surface area contributed by atoms with Crippen LogP contribution in [0.1, 0.15) is 0 Å². The smallest absolute Gasteiger partial charge is 0.319 e. The molecule has 4 nitrogen and oxygen atoms in total. The fourth-order valence-corrected chi connectivity index (χ4v) is 0.884. The maximum atomic E-state index is 12.5. The third-order valence-corrected chi connectivity index (χ3v) is 1.46. The van der Waals surface area contributed by atoms with Crippen molar-refractivity contribution in [3.05, 3.63) is 36.5 Å². The summed E-state index contributed by atoms with van der Waals surface area (Å²) in [6.07, 6.45) is 1.21. The summed E-state index contributed by atoms with van der Waals surface area (Å²) in [6, 6.07) is 6.14. The van der Waals surface area contributed by atoms with Gasteiger partial charge in [-0.3, -0.25) is 0 Å². The third-order valence-electron chi connectivity index (χ3n) is 1.46. The summed E-state index contributed by atoms with van der Waals surface area (Å²) in [5.41, 5.74) is 0.700. The summed E-state index contributed by atoms with van der Waals surface area (Å²) in [7, 11) is 0. The van der Waals surface area contributed by atoms with Crippen molar-refractivity contribution in [3.63, 3.8) is 0 Å². The number of hydrogen-bond acceptors (Lipinski definition) is 4. The van der Waals surface area contributed by atoms with E-state index in [1.54, 1.807) is 12.1 Å². The van der Waals surface area contributed by atoms with Gasteiger partial charge in [-0.15, -0.1) is 5.10 Å². The molecule has 0 spiro atoms. The van der Waals surface area contributed by atoms with Crippen LogP contribution < -0.4 is 5.32 Å². The molecule has 0 atom stereocenters. The Morgan fingerprint density at radius 3 is 2.62 bits per heavy atom. The number of benzene rings is 1. The van der Waals surface area contributed by atoms with E-state index in [9.17, 15) is 4.39 Å². The summed E-state index contributed by atoms with van der Waals surface area (Å²) >= 11 is 0. The normalized spacial score (nSPS) is 9.92. The van der Waals surface area contributed by atoms with Crippen molar-refractivity contribution in [2.45, 2.75) is 0 Å². The average Bonchev–Trinajstić information content (AvgIpc) is 2.62. The standard InChI is InChI=1S/C8H6FN3O/c9-6-1-3-7(4-2-6)11-8-12-10-5-13-8/h1-5H,(H,11,12). The number of anilines is 2. The van der Waals surface area contributed by atoms with Crippen molar-refractivity contribution >= 4 is 11.7 Å². The molecule has 2 rings (SSSR count). The first kappa shape index (κ1) is 7.72. The van der Waals surface area contributed by atoms with Crippen molar-refractivity contribution in [2.75, 3.05) is 5.32 Å². The molecule has 0 amide bonds. The minimum Gasteiger partial charge on any atom is -0.411 e. The molecule has 0 aliphatic heterocycles. The Hall–Kier alpha value is -1.91. The Balaban J connectivity index is 2.15. The lowest BCUT2D eigenvalue weighted by atomic mass is 10.3. The molecule has 5 heteroatoms. The quantitative estimate of drug-likeness (QED) is 0.765. The average molecular weight is 179 g/mol. The first-order valence-corrected chi connectivity index (χ1v) is 3.63. The van der Waals surface area contributed by atoms with Crippen molar-refractivity contribution in [2.24, 2.45) is 0 Å². The SMILES string of the molecule is Fc1ccc(Nc2nnco2)cc1. The van der Waals surface area contributed by atoms with E-state index in [0.29, 0.717) is 5.69 Å². The van der Waals surface area contributed by atoms with Gasteiger partial charge in [0.15, 0.2) is 0 Å². The largest absolute Gasteiger partial charge is 0.411 e. The van der Waals surface area contributed by atoms with Gasteiger partial charge in [0.25, 0.3) is 0 Å². The molecule has 0 aliphatic rings. The highest BCUT2D eigenvalue weighted by Gasteiger charge is 1.98. The van der Waals surface area contributed by atoms with E-state index in [0.717, 1.165) is 0 Å². The van der Waals surface area contributed by atoms with Crippen molar-refractivity contribution in [1.82, 2.24) is 10.2 Å². The fourth-order valence-electron chi connectivity index (χ4n) is 0.884. The van der Waals surface area contributed by atoms with Crippen LogP contribution in [0, 0.1) is 5.82 Å². The molecule has 1 heterocycles. The monoisotopic (exact) mass is 179 g/mol. The predicted octanol–water partition coefficient (Wildman–Crippen LogP) is 1.95. The Morgan fingerprint density at radius 1 is 1.23 bits per heavy atom. The van der Waals surface area contributed by atoms with Crippen molar-refractivity contribution in [1.29, 1.82) is 0 Å². The van der Waals surface area contributed by atoms with Crippen LogP contribution in [0.3, 0.4) is 0 Å². The minimum absolute atomic E-state index is 0.281. The maximum absolute atomic E-state index is 12.5. The van der Waals surface area contributed by atoms with Gasteiger partial charge in [0.05, 0.1) is 0 Å². The molecule has 0 unspecified atom stereocenters. The van der Waals surface area contributed by atoms with E-state index >= 15 is 0 Å². The summed E-state index contributed by atoms with van der Waals surface area (Å²) in [5.74, 6) is -0.281. The number of hydrogen-bond donors (Lipinski definition) is 1. The van der Waals surface area contributed by atoms with Crippen LogP contribution in [-0.2, 0) is 0 Å². The lowest BCUT2D eigenvalue weighted by molar-refractivity contribution is 0.571. The van der Waals surface area contributed by atoms with Crippen LogP contribution >= 0.6 is 0 Å². The fraction of sp³-hybridized carbons (Fsp3) is 0. The van der Waals surface area contributed by atoms with Crippen molar-refractivity contribution < 1.29 is 8.81 Å². The van der Waals surface area contributed by atoms with Crippen LogP contribution in [0.4, 0.5) is 16.1 Å². The second-order valence-electron chi connectivity index (χ2n) is 2.38. The molecule has 13 heavy (non-hydrogen) atoms. The van der Waals surface area contributed by atoms with E-state index < -0.39 is 0 Å². The summed E-state index contributed by atoms with van der Waals surface area (Å²) < 4.78 is 17.3. The number of halogens is 1. The molecule has 0 aliphatic carbocycles. The van der Waals surface area contributed by atoms with Crippen LogP contribution in [-0.4, -0.2) is 10.2 Å². The molecule has 0 fully saturated rings. The zero-order valence-electron chi connectivity index (χ0n) is 6.57. The van der Waals surface area contributed by atoms with Gasteiger partial charge in [-0.1, -0.05) is 5.10 Å². The number of aromatic nitrogens is 2. The maximum Gasteiger partial charge on any atom is 0.319 e. The highest BCUT2D eigenvalue weighted by Crippen LogP contribution is 2.13. The topological polar surface area (TPSA) is 51.0 Å². The molecule has 0 saturated carbocycles. The second-order valence-corrected chi connectivity index (χ2v) is 2.38. The first-order chi connectivity index (χ1) is 6.34. The van der Waals surface area contributed by atoms with Gasteiger partial charge in [-0.25, -0.2) is 4.39 Å². The summed E-state index contributed by atoms with van der Waals surface area (Å²) in [4.78, 5) is 0. The summed E-state index contributed by atoms with van der Waals surface area (Å²) in [5, 5.41) is 9.90. The number of nitrogens with zero attached hydrogens (tertiary/aromatic N) is 2. The molecular weight excluding hydrogens is 173 g/mol. The number of nitrogens with one attached hydrogen (secondary N) is 1. The highest BCUT2D eigenvalue weighted by atomic mass is 19.1. The molecule has 0 bridgehead atoms. The van der Waals surface area contributed by atoms with Gasteiger partial charge in [0.1, 0.15) is 5.82 Å². The van der Waals surface area contributed by atoms with E-state index in [2.05, 4.69) is 15.5 Å². The third kappa shape index (κ3) is 1.81. The van der Waals surface area contributed by atoms with Gasteiger partial charge >= 0.3 is 6.01 Å². The second kappa shape index (κ2) is 3.22. The van der Waals surface area contributed by atoms with Crippen LogP contribution in [0.15, 0.2) is 35.1 Å². The molecule has 2 aromatic rings. The van der Waals surface area contributed by atoms with Gasteiger partial charge in [0.2, 0.25) is 6.39 Å². The Kier molecular flexibility index (Phi) is 1.91. The molecule has 1 aromatic carbocycles. The van der Waals surface area contributed by atoms with Crippen LogP contribution in [0.5, 0.6) is 0 Å². The van der Waals surface area contributed by atoms with Crippen LogP contribution in [0.25, 0.3) is 0 Å². The van der Waals surface area contributed by atoms with Crippen LogP contribution in [0.2, 0.25) is 0 Å². The first-order valence-electron chi connectivity index (χ1n) is 3.63. The number of rotatable bonds is 2. The van der Waals surface area contributed by atoms with E-state index in [1.165, 1.54) is 18.5 Å². The lowest BCUT2D eigenvalue weighted by Gasteiger charge is -1.98.